The van der Waals surface area contributed by atoms with Crippen LogP contribution in [0.15, 0.2) is 78.0 Å². The molecule has 13 nitrogen and oxygen atoms in total. The van der Waals surface area contributed by atoms with Gasteiger partial charge in [0.1, 0.15) is 24.1 Å². The molecule has 6 rings (SSSR count). The third-order valence-corrected chi connectivity index (χ3v) is 11.6. The van der Waals surface area contributed by atoms with Gasteiger partial charge in [0.2, 0.25) is 15.9 Å². The third-order valence-electron chi connectivity index (χ3n) is 9.38. The number of aromatic nitrogens is 1. The first kappa shape index (κ1) is 37.3. The number of nitrogens with zero attached hydrogens (tertiary/aromatic N) is 2. The van der Waals surface area contributed by atoms with Gasteiger partial charge in [-0.1, -0.05) is 35.9 Å². The Morgan fingerprint density at radius 2 is 1.76 bits per heavy atom. The molecule has 4 atom stereocenters. The zero-order valence-corrected chi connectivity index (χ0v) is 29.3. The molecule has 274 valence electrons. The van der Waals surface area contributed by atoms with E-state index in [4.69, 9.17) is 26.2 Å². The molecule has 1 aliphatic heterocycles. The van der Waals surface area contributed by atoms with Crippen molar-refractivity contribution >= 4 is 27.5 Å². The van der Waals surface area contributed by atoms with E-state index in [1.165, 1.54) is 22.5 Å². The van der Waals surface area contributed by atoms with Crippen LogP contribution >= 0.6 is 11.6 Å². The van der Waals surface area contributed by atoms with Crippen LogP contribution in [0.1, 0.15) is 36.8 Å². The van der Waals surface area contributed by atoms with Gasteiger partial charge in [0.15, 0.2) is 0 Å². The number of hydrogen-bond acceptors (Lipinski definition) is 11. The van der Waals surface area contributed by atoms with E-state index < -0.39 is 59.1 Å². The van der Waals surface area contributed by atoms with Crippen LogP contribution in [0.4, 0.5) is 0 Å². The molecule has 2 aliphatic carbocycles. The number of pyridine rings is 1. The van der Waals surface area contributed by atoms with E-state index in [-0.39, 0.29) is 36.6 Å². The van der Waals surface area contributed by atoms with Crippen molar-refractivity contribution in [3.63, 3.8) is 0 Å². The number of amides is 1. The van der Waals surface area contributed by atoms with Crippen molar-refractivity contribution in [1.29, 1.82) is 0 Å². The van der Waals surface area contributed by atoms with E-state index >= 15 is 0 Å². The Morgan fingerprint density at radius 1 is 1.04 bits per heavy atom. The van der Waals surface area contributed by atoms with E-state index in [2.05, 4.69) is 10.3 Å². The zero-order chi connectivity index (χ0) is 36.3. The van der Waals surface area contributed by atoms with Gasteiger partial charge in [0.05, 0.1) is 35.9 Å². The molecule has 3 aliphatic rings. The number of hydrogen-bond donors (Lipinski definition) is 6. The van der Waals surface area contributed by atoms with Gasteiger partial charge < -0.3 is 40.3 Å². The van der Waals surface area contributed by atoms with Crippen molar-refractivity contribution in [2.24, 2.45) is 5.92 Å². The highest BCUT2D eigenvalue weighted by atomic mass is 35.5. The summed E-state index contributed by atoms with van der Waals surface area (Å²) < 4.78 is 41.0. The highest BCUT2D eigenvalue weighted by Crippen LogP contribution is 2.53. The summed E-state index contributed by atoms with van der Waals surface area (Å²) in [6, 6.07) is 14.4. The molecule has 1 amide bonds. The van der Waals surface area contributed by atoms with Crippen LogP contribution in [0.2, 0.25) is 5.02 Å². The van der Waals surface area contributed by atoms with Crippen molar-refractivity contribution in [1.82, 2.24) is 14.6 Å². The van der Waals surface area contributed by atoms with Gasteiger partial charge in [0.25, 0.3) is 0 Å². The molecule has 0 bridgehead atoms. The number of carbonyl (C=O) groups is 1. The highest BCUT2D eigenvalue weighted by Gasteiger charge is 2.48. The van der Waals surface area contributed by atoms with E-state index in [0.29, 0.717) is 10.6 Å². The van der Waals surface area contributed by atoms with Crippen molar-refractivity contribution in [2.75, 3.05) is 26.2 Å². The van der Waals surface area contributed by atoms with Gasteiger partial charge in [-0.2, -0.15) is 4.31 Å². The largest absolute Gasteiger partial charge is 0.490 e. The highest BCUT2D eigenvalue weighted by molar-refractivity contribution is 7.89. The van der Waals surface area contributed by atoms with Gasteiger partial charge in [-0.25, -0.2) is 8.42 Å². The lowest BCUT2D eigenvalue weighted by Gasteiger charge is -2.36. The molecule has 3 aromatic rings. The van der Waals surface area contributed by atoms with Gasteiger partial charge >= 0.3 is 0 Å². The SMILES string of the molecule is O=C(C=CC1CN(S(=O)(=O)c2ccc(Cl)c(COC3(c4cnccc4-c4ccccc4OC4CC4)CC3)c2)C1)NC[C@H](O)[C@@H](O)[C@H](O)[C@H](O)CO. The Hall–Kier alpha value is -3.44. The predicted octanol–water partition coefficient (Wildman–Crippen LogP) is 1.88. The molecule has 3 fully saturated rings. The normalized spacial score (nSPS) is 20.0. The fourth-order valence-corrected chi connectivity index (χ4v) is 7.68. The summed E-state index contributed by atoms with van der Waals surface area (Å²) in [6.45, 7) is -0.869. The molecule has 2 heterocycles. The number of benzene rings is 2. The summed E-state index contributed by atoms with van der Waals surface area (Å²) in [5, 5.41) is 50.6. The Morgan fingerprint density at radius 3 is 2.47 bits per heavy atom. The summed E-state index contributed by atoms with van der Waals surface area (Å²) in [5.41, 5.74) is 2.82. The van der Waals surface area contributed by atoms with Gasteiger partial charge in [-0.3, -0.25) is 9.78 Å². The maximum Gasteiger partial charge on any atom is 0.243 e. The molecule has 1 aromatic heterocycles. The summed E-state index contributed by atoms with van der Waals surface area (Å²) >= 11 is 6.54. The number of carbonyl (C=O) groups excluding carboxylic acids is 1. The number of nitrogens with one attached hydrogen (secondary N) is 1. The maximum atomic E-state index is 13.5. The van der Waals surface area contributed by atoms with Crippen LogP contribution in [0.3, 0.4) is 0 Å². The standard InChI is InChI=1S/C36H42ClN3O10S/c37-29-9-8-25(51(47,48)40-18-22(19-40)5-10-33(44)39-17-30(42)34(45)35(46)31(43)20-41)15-23(29)21-49-36(12-13-36)28-16-38-14-11-26(28)27-3-1-2-4-32(27)50-24-6-7-24/h1-5,8-11,14-16,22,24,30-31,34-35,41-43,45-46H,6-7,12-13,17-21H2,(H,39,44)/t30-,31+,34+,35+/m0/s1. The minimum Gasteiger partial charge on any atom is -0.490 e. The molecule has 0 radical (unpaired) electrons. The molecule has 2 aromatic carbocycles. The quantitative estimate of drug-likeness (QED) is 0.110. The van der Waals surface area contributed by atoms with Crippen molar-refractivity contribution in [3.8, 4) is 16.9 Å². The van der Waals surface area contributed by atoms with Gasteiger partial charge in [-0.15, -0.1) is 0 Å². The summed E-state index contributed by atoms with van der Waals surface area (Å²) in [4.78, 5) is 16.7. The maximum absolute atomic E-state index is 13.5. The van der Waals surface area contributed by atoms with Crippen molar-refractivity contribution in [3.05, 3.63) is 89.2 Å². The van der Waals surface area contributed by atoms with Crippen molar-refractivity contribution in [2.45, 2.75) is 73.3 Å². The molecule has 2 saturated carbocycles. The molecule has 0 spiro atoms. The van der Waals surface area contributed by atoms with E-state index in [9.17, 15) is 33.6 Å². The average molecular weight is 744 g/mol. The Bertz CT molecular complexity index is 1850. The van der Waals surface area contributed by atoms with Crippen LogP contribution in [-0.4, -0.2) is 106 Å². The smallest absolute Gasteiger partial charge is 0.243 e. The molecular weight excluding hydrogens is 702 g/mol. The first-order valence-electron chi connectivity index (χ1n) is 16.8. The fourth-order valence-electron chi connectivity index (χ4n) is 5.90. The Labute approximate surface area is 301 Å². The van der Waals surface area contributed by atoms with Crippen LogP contribution in [0.25, 0.3) is 11.1 Å². The number of ether oxygens (including phenoxy) is 2. The van der Waals surface area contributed by atoms with E-state index in [1.54, 1.807) is 18.3 Å². The Balaban J connectivity index is 1.05. The second-order valence-corrected chi connectivity index (χ2v) is 15.6. The number of aliphatic hydroxyl groups is 5. The topological polar surface area (TPSA) is 199 Å². The molecule has 6 N–H and O–H groups in total. The van der Waals surface area contributed by atoms with Crippen LogP contribution in [-0.2, 0) is 31.8 Å². The minimum absolute atomic E-state index is 0.0739. The molecular formula is C36H42ClN3O10S. The second-order valence-electron chi connectivity index (χ2n) is 13.3. The molecule has 1 saturated heterocycles. The van der Waals surface area contributed by atoms with Crippen LogP contribution in [0, 0.1) is 5.92 Å². The first-order valence-corrected chi connectivity index (χ1v) is 18.7. The monoisotopic (exact) mass is 743 g/mol. The van der Waals surface area contributed by atoms with Crippen LogP contribution in [0.5, 0.6) is 5.75 Å². The predicted molar refractivity (Wildman–Crippen MR) is 186 cm³/mol. The number of halogens is 1. The van der Waals surface area contributed by atoms with Crippen molar-refractivity contribution < 1.29 is 48.2 Å². The lowest BCUT2D eigenvalue weighted by Crippen LogP contribution is -2.50. The molecule has 51 heavy (non-hydrogen) atoms. The average Bonchev–Trinajstić information content (AvgIpc) is 4.06. The fraction of sp³-hybridized carbons (Fsp3) is 0.444. The Kier molecular flexibility index (Phi) is 11.5. The van der Waals surface area contributed by atoms with Crippen LogP contribution < -0.4 is 10.1 Å². The number of sulfonamides is 1. The number of para-hydroxylation sites is 1. The minimum atomic E-state index is -3.87. The number of aliphatic hydroxyl groups excluding tert-OH is 5. The number of rotatable bonds is 17. The lowest BCUT2D eigenvalue weighted by atomic mass is 9.96. The summed E-state index contributed by atoms with van der Waals surface area (Å²) in [6.07, 6.45) is 3.33. The van der Waals surface area contributed by atoms with Gasteiger partial charge in [-0.05, 0) is 73.2 Å². The van der Waals surface area contributed by atoms with E-state index in [0.717, 1.165) is 48.1 Å². The summed E-state index contributed by atoms with van der Waals surface area (Å²) in [7, 11) is -3.87. The first-order chi connectivity index (χ1) is 24.4. The molecule has 15 heteroatoms. The van der Waals surface area contributed by atoms with E-state index in [1.807, 2.05) is 36.5 Å². The molecule has 0 unspecified atom stereocenters. The summed E-state index contributed by atoms with van der Waals surface area (Å²) in [5.74, 6) is -0.0210. The lowest BCUT2D eigenvalue weighted by molar-refractivity contribution is -0.122. The zero-order valence-electron chi connectivity index (χ0n) is 27.7. The van der Waals surface area contributed by atoms with Gasteiger partial charge in [0, 0.05) is 54.1 Å². The second kappa shape index (κ2) is 15.7. The third kappa shape index (κ3) is 8.62.